The van der Waals surface area contributed by atoms with Crippen molar-refractivity contribution in [3.05, 3.63) is 65.6 Å². The van der Waals surface area contributed by atoms with Crippen molar-refractivity contribution in [2.24, 2.45) is 0 Å². The number of aromatic nitrogens is 2. The van der Waals surface area contributed by atoms with Crippen molar-refractivity contribution in [3.63, 3.8) is 0 Å². The first-order valence-electron chi connectivity index (χ1n) is 8.47. The van der Waals surface area contributed by atoms with Crippen molar-refractivity contribution < 1.29 is 0 Å². The molecule has 3 aromatic rings. The molecular formula is C20H23N3. The van der Waals surface area contributed by atoms with E-state index in [1.165, 1.54) is 29.3 Å². The maximum atomic E-state index is 4.83. The van der Waals surface area contributed by atoms with Crippen LogP contribution < -0.4 is 5.32 Å². The highest BCUT2D eigenvalue weighted by Crippen LogP contribution is 2.26. The van der Waals surface area contributed by atoms with E-state index in [1.54, 1.807) is 0 Å². The van der Waals surface area contributed by atoms with Crippen molar-refractivity contribution >= 4 is 10.9 Å². The second-order valence-corrected chi connectivity index (χ2v) is 6.66. The Morgan fingerprint density at radius 3 is 2.74 bits per heavy atom. The first-order chi connectivity index (χ1) is 11.2. The van der Waals surface area contributed by atoms with Crippen molar-refractivity contribution in [1.82, 2.24) is 14.9 Å². The predicted octanol–water partition coefficient (Wildman–Crippen LogP) is 4.21. The zero-order valence-corrected chi connectivity index (χ0v) is 13.8. The average molecular weight is 305 g/mol. The minimum atomic E-state index is 0.311. The molecule has 1 unspecified atom stereocenters. The third kappa shape index (κ3) is 3.02. The molecular weight excluding hydrogens is 282 g/mol. The molecule has 1 fully saturated rings. The molecule has 1 N–H and O–H groups in total. The van der Waals surface area contributed by atoms with E-state index in [1.807, 2.05) is 0 Å². The summed E-state index contributed by atoms with van der Waals surface area (Å²) in [6.07, 6.45) is 4.78. The van der Waals surface area contributed by atoms with Crippen molar-refractivity contribution in [1.29, 1.82) is 0 Å². The van der Waals surface area contributed by atoms with Crippen LogP contribution in [0.1, 0.15) is 42.8 Å². The van der Waals surface area contributed by atoms with Crippen LogP contribution in [0.4, 0.5) is 0 Å². The fourth-order valence-corrected chi connectivity index (χ4v) is 3.21. The summed E-state index contributed by atoms with van der Waals surface area (Å²) in [5.74, 6) is 0. The number of fused-ring (bicyclic) bond motifs is 1. The SMILES string of the molecule is Cc1nc(C(C)NC2CC2)cc2c1ccn2Cc1ccccc1. The van der Waals surface area contributed by atoms with E-state index in [4.69, 9.17) is 4.98 Å². The van der Waals surface area contributed by atoms with Crippen molar-refractivity contribution in [3.8, 4) is 0 Å². The quantitative estimate of drug-likeness (QED) is 0.765. The lowest BCUT2D eigenvalue weighted by molar-refractivity contribution is 0.557. The molecule has 1 aromatic carbocycles. The molecule has 3 nitrogen and oxygen atoms in total. The molecule has 0 spiro atoms. The lowest BCUT2D eigenvalue weighted by Crippen LogP contribution is -2.21. The molecule has 3 heteroatoms. The van der Waals surface area contributed by atoms with E-state index in [2.05, 4.69) is 72.4 Å². The molecule has 0 bridgehead atoms. The summed E-state index contributed by atoms with van der Waals surface area (Å²) in [7, 11) is 0. The minimum Gasteiger partial charge on any atom is -0.343 e. The van der Waals surface area contributed by atoms with Gasteiger partial charge in [0.25, 0.3) is 0 Å². The predicted molar refractivity (Wildman–Crippen MR) is 94.6 cm³/mol. The highest BCUT2D eigenvalue weighted by Gasteiger charge is 2.24. The van der Waals surface area contributed by atoms with Crippen LogP contribution in [0.15, 0.2) is 48.7 Å². The van der Waals surface area contributed by atoms with E-state index in [-0.39, 0.29) is 0 Å². The van der Waals surface area contributed by atoms with Crippen LogP contribution in [0, 0.1) is 6.92 Å². The number of aryl methyl sites for hydroxylation is 1. The van der Waals surface area contributed by atoms with Crippen LogP contribution in [-0.2, 0) is 6.54 Å². The Hall–Kier alpha value is -2.13. The van der Waals surface area contributed by atoms with Crippen LogP contribution in [-0.4, -0.2) is 15.6 Å². The molecule has 2 heterocycles. The van der Waals surface area contributed by atoms with Gasteiger partial charge in [-0.05, 0) is 44.4 Å². The van der Waals surface area contributed by atoms with E-state index in [0.717, 1.165) is 17.9 Å². The second kappa shape index (κ2) is 5.82. The summed E-state index contributed by atoms with van der Waals surface area (Å²) in [5, 5.41) is 4.90. The number of benzene rings is 1. The number of hydrogen-bond donors (Lipinski definition) is 1. The maximum Gasteiger partial charge on any atom is 0.0594 e. The first-order valence-corrected chi connectivity index (χ1v) is 8.47. The molecule has 118 valence electrons. The van der Waals surface area contributed by atoms with E-state index in [0.29, 0.717) is 12.1 Å². The zero-order chi connectivity index (χ0) is 15.8. The number of nitrogens with one attached hydrogen (secondary N) is 1. The van der Waals surface area contributed by atoms with Gasteiger partial charge in [0, 0.05) is 35.9 Å². The zero-order valence-electron chi connectivity index (χ0n) is 13.8. The lowest BCUT2D eigenvalue weighted by atomic mass is 10.1. The number of pyridine rings is 1. The Morgan fingerprint density at radius 1 is 1.22 bits per heavy atom. The molecule has 1 saturated carbocycles. The third-order valence-corrected chi connectivity index (χ3v) is 4.68. The van der Waals surface area contributed by atoms with E-state index < -0.39 is 0 Å². The standard InChI is InChI=1S/C20H23N3/c1-14-18-10-11-23(13-16-6-4-3-5-7-16)20(18)12-19(22-14)15(2)21-17-8-9-17/h3-7,10-12,15,17,21H,8-9,13H2,1-2H3. The number of hydrogen-bond acceptors (Lipinski definition) is 2. The Bertz CT molecular complexity index is 816. The fourth-order valence-electron chi connectivity index (χ4n) is 3.21. The minimum absolute atomic E-state index is 0.311. The van der Waals surface area contributed by atoms with Gasteiger partial charge in [0.2, 0.25) is 0 Å². The van der Waals surface area contributed by atoms with Gasteiger partial charge in [-0.1, -0.05) is 30.3 Å². The van der Waals surface area contributed by atoms with Crippen molar-refractivity contribution in [2.45, 2.75) is 45.3 Å². The molecule has 23 heavy (non-hydrogen) atoms. The Kier molecular flexibility index (Phi) is 3.66. The molecule has 0 aliphatic heterocycles. The van der Waals surface area contributed by atoms with Gasteiger partial charge in [0.15, 0.2) is 0 Å². The fraction of sp³-hybridized carbons (Fsp3) is 0.350. The van der Waals surface area contributed by atoms with Gasteiger partial charge < -0.3 is 9.88 Å². The first kappa shape index (κ1) is 14.5. The van der Waals surface area contributed by atoms with Gasteiger partial charge in [-0.15, -0.1) is 0 Å². The highest BCUT2D eigenvalue weighted by atomic mass is 15.0. The molecule has 0 radical (unpaired) electrons. The Balaban J connectivity index is 1.69. The molecule has 1 atom stereocenters. The summed E-state index contributed by atoms with van der Waals surface area (Å²) in [4.78, 5) is 4.83. The Morgan fingerprint density at radius 2 is 2.00 bits per heavy atom. The largest absolute Gasteiger partial charge is 0.343 e. The van der Waals surface area contributed by atoms with E-state index >= 15 is 0 Å². The van der Waals surface area contributed by atoms with Gasteiger partial charge >= 0.3 is 0 Å². The summed E-state index contributed by atoms with van der Waals surface area (Å²) >= 11 is 0. The smallest absolute Gasteiger partial charge is 0.0594 e. The molecule has 0 amide bonds. The van der Waals surface area contributed by atoms with Crippen LogP contribution in [0.5, 0.6) is 0 Å². The monoisotopic (exact) mass is 305 g/mol. The van der Waals surface area contributed by atoms with Crippen molar-refractivity contribution in [2.75, 3.05) is 0 Å². The summed E-state index contributed by atoms with van der Waals surface area (Å²) in [6, 6.07) is 16.1. The van der Waals surface area contributed by atoms with Gasteiger partial charge in [-0.3, -0.25) is 4.98 Å². The van der Waals surface area contributed by atoms with Crippen LogP contribution >= 0.6 is 0 Å². The Labute approximate surface area is 137 Å². The van der Waals surface area contributed by atoms with Crippen LogP contribution in [0.2, 0.25) is 0 Å². The van der Waals surface area contributed by atoms with Gasteiger partial charge in [-0.2, -0.15) is 0 Å². The summed E-state index contributed by atoms with van der Waals surface area (Å²) in [5.41, 5.74) is 4.87. The summed E-state index contributed by atoms with van der Waals surface area (Å²) < 4.78 is 2.33. The lowest BCUT2D eigenvalue weighted by Gasteiger charge is -2.15. The topological polar surface area (TPSA) is 29.9 Å². The van der Waals surface area contributed by atoms with Crippen LogP contribution in [0.3, 0.4) is 0 Å². The van der Waals surface area contributed by atoms with Gasteiger partial charge in [-0.25, -0.2) is 0 Å². The van der Waals surface area contributed by atoms with Gasteiger partial charge in [0.05, 0.1) is 11.2 Å². The molecule has 4 rings (SSSR count). The molecule has 1 aliphatic rings. The highest BCUT2D eigenvalue weighted by molar-refractivity contribution is 5.82. The molecule has 2 aromatic heterocycles. The second-order valence-electron chi connectivity index (χ2n) is 6.66. The third-order valence-electron chi connectivity index (χ3n) is 4.68. The average Bonchev–Trinajstić information content (AvgIpc) is 3.28. The summed E-state index contributed by atoms with van der Waals surface area (Å²) in [6.45, 7) is 5.23. The van der Waals surface area contributed by atoms with Gasteiger partial charge in [0.1, 0.15) is 0 Å². The van der Waals surface area contributed by atoms with Crippen LogP contribution in [0.25, 0.3) is 10.9 Å². The molecule has 1 aliphatic carbocycles. The normalized spacial score (nSPS) is 15.9. The number of nitrogens with zero attached hydrogens (tertiary/aromatic N) is 2. The van der Waals surface area contributed by atoms with E-state index in [9.17, 15) is 0 Å². The molecule has 0 saturated heterocycles. The maximum absolute atomic E-state index is 4.83. The number of rotatable bonds is 5.